The summed E-state index contributed by atoms with van der Waals surface area (Å²) in [5, 5.41) is 3.01. The van der Waals surface area contributed by atoms with Crippen molar-refractivity contribution in [3.8, 4) is 0 Å². The van der Waals surface area contributed by atoms with Crippen LogP contribution >= 0.6 is 0 Å². The average molecular weight is 283 g/mol. The normalized spacial score (nSPS) is 13.3. The Morgan fingerprint density at radius 3 is 2.38 bits per heavy atom. The summed E-state index contributed by atoms with van der Waals surface area (Å²) in [6.45, 7) is 3.95. The van der Waals surface area contributed by atoms with Crippen molar-refractivity contribution in [1.29, 1.82) is 0 Å². The van der Waals surface area contributed by atoms with Crippen molar-refractivity contribution in [2.75, 3.05) is 7.05 Å². The molecule has 1 aromatic heterocycles. The predicted octanol–water partition coefficient (Wildman–Crippen LogP) is 3.55. The van der Waals surface area contributed by atoms with Crippen LogP contribution in [-0.4, -0.2) is 23.0 Å². The Hall–Kier alpha value is -2.36. The van der Waals surface area contributed by atoms with E-state index in [2.05, 4.69) is 10.3 Å². The molecule has 2 amide bonds. The largest absolute Gasteiger partial charge is 0.331 e. The Bertz CT molecular complexity index is 571. The van der Waals surface area contributed by atoms with E-state index in [-0.39, 0.29) is 18.1 Å². The smallest absolute Gasteiger partial charge is 0.318 e. The highest BCUT2D eigenvalue weighted by Gasteiger charge is 2.19. The first-order chi connectivity index (χ1) is 10.1. The third kappa shape index (κ3) is 3.81. The molecule has 0 spiro atoms. The third-order valence-corrected chi connectivity index (χ3v) is 3.66. The van der Waals surface area contributed by atoms with Gasteiger partial charge in [0.1, 0.15) is 0 Å². The SMILES string of the molecule is CC(NC(=O)N(C)C(C)c1ccccn1)c1ccccc1. The Balaban J connectivity index is 2.00. The number of rotatable bonds is 4. The Morgan fingerprint density at radius 2 is 1.76 bits per heavy atom. The molecule has 0 aliphatic rings. The van der Waals surface area contributed by atoms with Crippen LogP contribution in [0.1, 0.15) is 37.2 Å². The van der Waals surface area contributed by atoms with Crippen LogP contribution in [0.3, 0.4) is 0 Å². The number of nitrogens with zero attached hydrogens (tertiary/aromatic N) is 2. The van der Waals surface area contributed by atoms with Crippen LogP contribution in [0, 0.1) is 0 Å². The molecule has 0 saturated heterocycles. The number of aromatic nitrogens is 1. The first kappa shape index (κ1) is 15.0. The van der Waals surface area contributed by atoms with E-state index in [9.17, 15) is 4.79 Å². The van der Waals surface area contributed by atoms with Crippen molar-refractivity contribution < 1.29 is 4.79 Å². The molecule has 0 saturated carbocycles. The second kappa shape index (κ2) is 6.88. The van der Waals surface area contributed by atoms with Crippen molar-refractivity contribution in [3.05, 3.63) is 66.0 Å². The lowest BCUT2D eigenvalue weighted by Crippen LogP contribution is -2.40. The molecule has 1 heterocycles. The highest BCUT2D eigenvalue weighted by atomic mass is 16.2. The fourth-order valence-corrected chi connectivity index (χ4v) is 2.11. The minimum atomic E-state index is -0.107. The van der Waals surface area contributed by atoms with Gasteiger partial charge < -0.3 is 10.2 Å². The summed E-state index contributed by atoms with van der Waals surface area (Å²) in [6, 6.07) is 15.4. The number of carbonyl (C=O) groups excluding carboxylic acids is 1. The lowest BCUT2D eigenvalue weighted by Gasteiger charge is -2.26. The van der Waals surface area contributed by atoms with Gasteiger partial charge in [0.25, 0.3) is 0 Å². The van der Waals surface area contributed by atoms with E-state index in [1.54, 1.807) is 18.1 Å². The predicted molar refractivity (Wildman–Crippen MR) is 83.8 cm³/mol. The van der Waals surface area contributed by atoms with Crippen molar-refractivity contribution >= 4 is 6.03 Å². The van der Waals surface area contributed by atoms with Gasteiger partial charge in [0, 0.05) is 13.2 Å². The minimum Gasteiger partial charge on any atom is -0.331 e. The van der Waals surface area contributed by atoms with Crippen LogP contribution in [0.5, 0.6) is 0 Å². The standard InChI is InChI=1S/C17H21N3O/c1-13(15-9-5-4-6-10-15)19-17(21)20(3)14(2)16-11-7-8-12-18-16/h4-14H,1-3H3,(H,19,21). The van der Waals surface area contributed by atoms with Crippen LogP contribution < -0.4 is 5.32 Å². The topological polar surface area (TPSA) is 45.2 Å². The molecule has 0 radical (unpaired) electrons. The van der Waals surface area contributed by atoms with Gasteiger partial charge in [0.15, 0.2) is 0 Å². The van der Waals surface area contributed by atoms with Gasteiger partial charge in [-0.1, -0.05) is 36.4 Å². The van der Waals surface area contributed by atoms with Gasteiger partial charge in [0.2, 0.25) is 0 Å². The lowest BCUT2D eigenvalue weighted by molar-refractivity contribution is 0.190. The molecule has 1 N–H and O–H groups in total. The second-order valence-corrected chi connectivity index (χ2v) is 5.12. The van der Waals surface area contributed by atoms with Gasteiger partial charge >= 0.3 is 6.03 Å². The van der Waals surface area contributed by atoms with Gasteiger partial charge in [-0.25, -0.2) is 4.79 Å². The van der Waals surface area contributed by atoms with Gasteiger partial charge in [-0.3, -0.25) is 4.98 Å². The fourth-order valence-electron chi connectivity index (χ4n) is 2.11. The molecule has 2 aromatic rings. The molecule has 2 rings (SSSR count). The van der Waals surface area contributed by atoms with Crippen molar-refractivity contribution in [2.45, 2.75) is 25.9 Å². The first-order valence-corrected chi connectivity index (χ1v) is 7.09. The fraction of sp³-hybridized carbons (Fsp3) is 0.294. The van der Waals surface area contributed by atoms with Gasteiger partial charge in [-0.05, 0) is 31.5 Å². The summed E-state index contributed by atoms with van der Waals surface area (Å²) < 4.78 is 0. The van der Waals surface area contributed by atoms with Crippen LogP contribution in [0.15, 0.2) is 54.7 Å². The molecule has 1 aromatic carbocycles. The number of hydrogen-bond acceptors (Lipinski definition) is 2. The molecule has 110 valence electrons. The molecule has 4 nitrogen and oxygen atoms in total. The average Bonchev–Trinajstić information content (AvgIpc) is 2.55. The molecule has 4 heteroatoms. The van der Waals surface area contributed by atoms with Crippen LogP contribution in [-0.2, 0) is 0 Å². The quantitative estimate of drug-likeness (QED) is 0.932. The summed E-state index contributed by atoms with van der Waals surface area (Å²) in [4.78, 5) is 18.3. The maximum Gasteiger partial charge on any atom is 0.318 e. The molecule has 21 heavy (non-hydrogen) atoms. The van der Waals surface area contributed by atoms with Crippen molar-refractivity contribution in [2.24, 2.45) is 0 Å². The number of urea groups is 1. The van der Waals surface area contributed by atoms with Crippen LogP contribution in [0.25, 0.3) is 0 Å². The number of amides is 2. The monoisotopic (exact) mass is 283 g/mol. The van der Waals surface area contributed by atoms with E-state index in [4.69, 9.17) is 0 Å². The van der Waals surface area contributed by atoms with Gasteiger partial charge in [-0.2, -0.15) is 0 Å². The van der Waals surface area contributed by atoms with E-state index in [0.717, 1.165) is 11.3 Å². The van der Waals surface area contributed by atoms with E-state index < -0.39 is 0 Å². The zero-order valence-electron chi connectivity index (χ0n) is 12.7. The summed E-state index contributed by atoms with van der Waals surface area (Å²) in [6.07, 6.45) is 1.74. The molecule has 2 unspecified atom stereocenters. The van der Waals surface area contributed by atoms with E-state index in [0.29, 0.717) is 0 Å². The van der Waals surface area contributed by atoms with E-state index in [1.165, 1.54) is 0 Å². The maximum absolute atomic E-state index is 12.3. The Kier molecular flexibility index (Phi) is 4.93. The zero-order chi connectivity index (χ0) is 15.2. The Labute approximate surface area is 125 Å². The minimum absolute atomic E-state index is 0.0305. The maximum atomic E-state index is 12.3. The van der Waals surface area contributed by atoms with E-state index >= 15 is 0 Å². The number of hydrogen-bond donors (Lipinski definition) is 1. The summed E-state index contributed by atoms with van der Waals surface area (Å²) in [5.74, 6) is 0. The number of benzene rings is 1. The highest BCUT2D eigenvalue weighted by molar-refractivity contribution is 5.74. The zero-order valence-corrected chi connectivity index (χ0v) is 12.7. The molecule has 0 aliphatic heterocycles. The summed E-state index contributed by atoms with van der Waals surface area (Å²) >= 11 is 0. The number of pyridine rings is 1. The number of carbonyl (C=O) groups is 1. The molecule has 0 aliphatic carbocycles. The van der Waals surface area contributed by atoms with Crippen LogP contribution in [0.4, 0.5) is 4.79 Å². The van der Waals surface area contributed by atoms with Crippen LogP contribution in [0.2, 0.25) is 0 Å². The molecule has 0 bridgehead atoms. The summed E-state index contributed by atoms with van der Waals surface area (Å²) in [5.41, 5.74) is 1.97. The second-order valence-electron chi connectivity index (χ2n) is 5.12. The van der Waals surface area contributed by atoms with Crippen molar-refractivity contribution in [3.63, 3.8) is 0 Å². The third-order valence-electron chi connectivity index (χ3n) is 3.66. The molecule has 0 fully saturated rings. The molecule has 2 atom stereocenters. The van der Waals surface area contributed by atoms with Gasteiger partial charge in [-0.15, -0.1) is 0 Å². The first-order valence-electron chi connectivity index (χ1n) is 7.09. The Morgan fingerprint density at radius 1 is 1.10 bits per heavy atom. The van der Waals surface area contributed by atoms with Crippen molar-refractivity contribution in [1.82, 2.24) is 15.2 Å². The lowest BCUT2D eigenvalue weighted by atomic mass is 10.1. The molecular weight excluding hydrogens is 262 g/mol. The molecular formula is C17H21N3O. The summed E-state index contributed by atoms with van der Waals surface area (Å²) in [7, 11) is 1.78. The highest BCUT2D eigenvalue weighted by Crippen LogP contribution is 2.17. The number of nitrogens with one attached hydrogen (secondary N) is 1. The van der Waals surface area contributed by atoms with Gasteiger partial charge in [0.05, 0.1) is 17.8 Å². The van der Waals surface area contributed by atoms with E-state index in [1.807, 2.05) is 62.4 Å².